The number of alkyl halides is 3. The normalized spacial score (nSPS) is 11.7. The molecule has 25 heavy (non-hydrogen) atoms. The van der Waals surface area contributed by atoms with E-state index < -0.39 is 11.7 Å². The molecule has 0 atom stereocenters. The highest BCUT2D eigenvalue weighted by Crippen LogP contribution is 2.36. The van der Waals surface area contributed by atoms with Crippen LogP contribution in [0.1, 0.15) is 15.9 Å². The molecule has 3 nitrogen and oxygen atoms in total. The minimum Gasteiger partial charge on any atom is -0.377 e. The standard InChI is InChI=1S/C18H14ClF3N2O/c1-24-10-13(12-4-2-3-5-16(12)24)17(25)9-23-15-7-6-11(19)8-14(15)18(20,21)22/h2-8,10,23H,9H2,1H3. The zero-order valence-electron chi connectivity index (χ0n) is 13.2. The number of ketones is 1. The molecule has 1 N–H and O–H groups in total. The van der Waals surface area contributed by atoms with Gasteiger partial charge in [-0.2, -0.15) is 13.2 Å². The number of aryl methyl sites for hydroxylation is 1. The fourth-order valence-corrected chi connectivity index (χ4v) is 2.91. The lowest BCUT2D eigenvalue weighted by molar-refractivity contribution is -0.136. The highest BCUT2D eigenvalue weighted by atomic mass is 35.5. The molecule has 0 aliphatic rings. The van der Waals surface area contributed by atoms with E-state index in [1.165, 1.54) is 12.1 Å². The maximum absolute atomic E-state index is 13.1. The molecule has 0 aliphatic carbocycles. The molecule has 0 unspecified atom stereocenters. The summed E-state index contributed by atoms with van der Waals surface area (Å²) in [5.41, 5.74) is 0.276. The van der Waals surface area contributed by atoms with Gasteiger partial charge in [-0.1, -0.05) is 29.8 Å². The molecule has 0 amide bonds. The van der Waals surface area contributed by atoms with Crippen LogP contribution < -0.4 is 5.32 Å². The molecule has 3 rings (SSSR count). The maximum Gasteiger partial charge on any atom is 0.418 e. The van der Waals surface area contributed by atoms with E-state index in [1.807, 2.05) is 35.9 Å². The van der Waals surface area contributed by atoms with E-state index in [0.717, 1.165) is 17.0 Å². The Kier molecular flexibility index (Phi) is 4.47. The summed E-state index contributed by atoms with van der Waals surface area (Å²) < 4.78 is 41.1. The van der Waals surface area contributed by atoms with Crippen LogP contribution in [-0.4, -0.2) is 16.9 Å². The van der Waals surface area contributed by atoms with Crippen molar-refractivity contribution >= 4 is 34.0 Å². The van der Waals surface area contributed by atoms with Crippen LogP contribution in [0.4, 0.5) is 18.9 Å². The smallest absolute Gasteiger partial charge is 0.377 e. The predicted octanol–water partition coefficient (Wildman–Crippen LogP) is 5.15. The number of carbonyl (C=O) groups excluding carboxylic acids is 1. The lowest BCUT2D eigenvalue weighted by Gasteiger charge is -2.14. The first-order valence-corrected chi connectivity index (χ1v) is 7.83. The van der Waals surface area contributed by atoms with Crippen molar-refractivity contribution in [2.75, 3.05) is 11.9 Å². The van der Waals surface area contributed by atoms with Crippen molar-refractivity contribution in [3.05, 3.63) is 64.8 Å². The molecule has 7 heteroatoms. The highest BCUT2D eigenvalue weighted by molar-refractivity contribution is 6.30. The number of rotatable bonds is 4. The second-order valence-electron chi connectivity index (χ2n) is 5.64. The summed E-state index contributed by atoms with van der Waals surface area (Å²) in [5, 5.41) is 3.33. The molecule has 0 aliphatic heterocycles. The van der Waals surface area contributed by atoms with Gasteiger partial charge in [-0.15, -0.1) is 0 Å². The van der Waals surface area contributed by atoms with Gasteiger partial charge in [-0.05, 0) is 24.3 Å². The highest BCUT2D eigenvalue weighted by Gasteiger charge is 2.33. The monoisotopic (exact) mass is 366 g/mol. The molecular weight excluding hydrogens is 353 g/mol. The molecule has 0 spiro atoms. The molecule has 0 fully saturated rings. The van der Waals surface area contributed by atoms with Gasteiger partial charge in [0.1, 0.15) is 0 Å². The van der Waals surface area contributed by atoms with Gasteiger partial charge in [0.15, 0.2) is 5.78 Å². The van der Waals surface area contributed by atoms with Gasteiger partial charge in [-0.3, -0.25) is 4.79 Å². The second-order valence-corrected chi connectivity index (χ2v) is 6.07. The van der Waals surface area contributed by atoms with Gasteiger partial charge in [0, 0.05) is 40.4 Å². The van der Waals surface area contributed by atoms with Gasteiger partial charge in [0.2, 0.25) is 0 Å². The van der Waals surface area contributed by atoms with E-state index in [0.29, 0.717) is 5.56 Å². The van der Waals surface area contributed by atoms with Crippen LogP contribution in [0.2, 0.25) is 5.02 Å². The topological polar surface area (TPSA) is 34.0 Å². The second kappa shape index (κ2) is 6.44. The molecule has 0 saturated heterocycles. The van der Waals surface area contributed by atoms with E-state index in [1.54, 1.807) is 6.20 Å². The third-order valence-electron chi connectivity index (χ3n) is 3.92. The molecule has 2 aromatic carbocycles. The first-order valence-electron chi connectivity index (χ1n) is 7.45. The van der Waals surface area contributed by atoms with Gasteiger partial charge < -0.3 is 9.88 Å². The summed E-state index contributed by atoms with van der Waals surface area (Å²) in [6.07, 6.45) is -2.88. The third-order valence-corrected chi connectivity index (χ3v) is 4.16. The van der Waals surface area contributed by atoms with Gasteiger partial charge in [0.05, 0.1) is 12.1 Å². The number of nitrogens with one attached hydrogen (secondary N) is 1. The largest absolute Gasteiger partial charge is 0.418 e. The third kappa shape index (κ3) is 3.49. The van der Waals surface area contributed by atoms with E-state index in [4.69, 9.17) is 11.6 Å². The van der Waals surface area contributed by atoms with Gasteiger partial charge in [0.25, 0.3) is 0 Å². The number of para-hydroxylation sites is 1. The Hall–Kier alpha value is -2.47. The van der Waals surface area contributed by atoms with Crippen molar-refractivity contribution < 1.29 is 18.0 Å². The van der Waals surface area contributed by atoms with Crippen LogP contribution in [0.15, 0.2) is 48.7 Å². The average Bonchev–Trinajstić information content (AvgIpc) is 2.90. The summed E-state index contributed by atoms with van der Waals surface area (Å²) in [6.45, 7) is -0.251. The molecule has 0 bridgehead atoms. The molecular formula is C18H14ClF3N2O. The molecule has 0 saturated carbocycles. The quantitative estimate of drug-likeness (QED) is 0.648. The number of hydrogen-bond donors (Lipinski definition) is 1. The summed E-state index contributed by atoms with van der Waals surface area (Å²) in [4.78, 5) is 12.5. The summed E-state index contributed by atoms with van der Waals surface area (Å²) in [6, 6.07) is 10.8. The Bertz CT molecular complexity index is 947. The van der Waals surface area contributed by atoms with E-state index in [-0.39, 0.29) is 23.0 Å². The molecule has 3 aromatic rings. The summed E-state index contributed by atoms with van der Waals surface area (Å²) >= 11 is 5.65. The van der Waals surface area contributed by atoms with Gasteiger partial charge >= 0.3 is 6.18 Å². The SMILES string of the molecule is Cn1cc(C(=O)CNc2ccc(Cl)cc2C(F)(F)F)c2ccccc21. The lowest BCUT2D eigenvalue weighted by Crippen LogP contribution is -2.17. The lowest BCUT2D eigenvalue weighted by atomic mass is 10.1. The first kappa shape index (κ1) is 17.4. The first-order chi connectivity index (χ1) is 11.8. The van der Waals surface area contributed by atoms with Crippen molar-refractivity contribution in [2.24, 2.45) is 7.05 Å². The number of Topliss-reactive ketones (excluding diaryl/α,β-unsaturated/α-hetero) is 1. The van der Waals surface area contributed by atoms with Crippen molar-refractivity contribution in [1.82, 2.24) is 4.57 Å². The van der Waals surface area contributed by atoms with Crippen molar-refractivity contribution in [3.8, 4) is 0 Å². The fourth-order valence-electron chi connectivity index (χ4n) is 2.74. The van der Waals surface area contributed by atoms with E-state index in [9.17, 15) is 18.0 Å². The number of nitrogens with zero attached hydrogens (tertiary/aromatic N) is 1. The maximum atomic E-state index is 13.1. The van der Waals surface area contributed by atoms with E-state index >= 15 is 0 Å². The van der Waals surface area contributed by atoms with Crippen LogP contribution in [-0.2, 0) is 13.2 Å². The number of benzene rings is 2. The number of carbonyl (C=O) groups is 1. The average molecular weight is 367 g/mol. The van der Waals surface area contributed by atoms with Gasteiger partial charge in [-0.25, -0.2) is 0 Å². The Labute approximate surface area is 147 Å². The Morgan fingerprint density at radius 1 is 1.20 bits per heavy atom. The molecule has 0 radical (unpaired) electrons. The molecule has 1 heterocycles. The number of aromatic nitrogens is 1. The van der Waals surface area contributed by atoms with Crippen LogP contribution in [0.5, 0.6) is 0 Å². The predicted molar refractivity (Wildman–Crippen MR) is 92.2 cm³/mol. The number of anilines is 1. The van der Waals surface area contributed by atoms with E-state index in [2.05, 4.69) is 5.32 Å². The Morgan fingerprint density at radius 3 is 2.64 bits per heavy atom. The molecule has 130 valence electrons. The van der Waals surface area contributed by atoms with Crippen LogP contribution >= 0.6 is 11.6 Å². The summed E-state index contributed by atoms with van der Waals surface area (Å²) in [5.74, 6) is -0.292. The minimum absolute atomic E-state index is 0.0155. The number of hydrogen-bond acceptors (Lipinski definition) is 2. The zero-order valence-corrected chi connectivity index (χ0v) is 13.9. The Morgan fingerprint density at radius 2 is 1.92 bits per heavy atom. The summed E-state index contributed by atoms with van der Waals surface area (Å²) in [7, 11) is 1.81. The van der Waals surface area contributed by atoms with Crippen molar-refractivity contribution in [1.29, 1.82) is 0 Å². The minimum atomic E-state index is -4.56. The fraction of sp³-hybridized carbons (Fsp3) is 0.167. The Balaban J connectivity index is 1.86. The van der Waals surface area contributed by atoms with Crippen molar-refractivity contribution in [2.45, 2.75) is 6.18 Å². The van der Waals surface area contributed by atoms with Crippen LogP contribution in [0.25, 0.3) is 10.9 Å². The van der Waals surface area contributed by atoms with Crippen LogP contribution in [0.3, 0.4) is 0 Å². The van der Waals surface area contributed by atoms with Crippen LogP contribution in [0, 0.1) is 0 Å². The van der Waals surface area contributed by atoms with Crippen molar-refractivity contribution in [3.63, 3.8) is 0 Å². The number of fused-ring (bicyclic) bond motifs is 1. The number of halogens is 4. The zero-order chi connectivity index (χ0) is 18.2. The molecule has 1 aromatic heterocycles.